The Morgan fingerprint density at radius 1 is 1.19 bits per heavy atom. The van der Waals surface area contributed by atoms with Crippen molar-refractivity contribution in [2.24, 2.45) is 0 Å². The number of hydrogen-bond donors (Lipinski definition) is 2. The van der Waals surface area contributed by atoms with Gasteiger partial charge in [-0.25, -0.2) is 4.98 Å². The number of nitrogens with one attached hydrogen (secondary N) is 2. The van der Waals surface area contributed by atoms with E-state index in [-0.39, 0.29) is 11.5 Å². The van der Waals surface area contributed by atoms with Gasteiger partial charge in [-0.15, -0.1) is 0 Å². The third-order valence-corrected chi connectivity index (χ3v) is 4.49. The summed E-state index contributed by atoms with van der Waals surface area (Å²) in [5.74, 6) is 0.511. The molecule has 9 heteroatoms. The van der Waals surface area contributed by atoms with E-state index in [1.165, 1.54) is 25.5 Å². The van der Waals surface area contributed by atoms with E-state index in [0.29, 0.717) is 17.5 Å². The third kappa shape index (κ3) is 5.03. The molecule has 1 aliphatic heterocycles. The molecule has 0 aliphatic carbocycles. The van der Waals surface area contributed by atoms with Crippen molar-refractivity contribution >= 4 is 34.7 Å². The summed E-state index contributed by atoms with van der Waals surface area (Å²) in [6.07, 6.45) is 4.92. The normalized spacial score (nSPS) is 14.8. The van der Waals surface area contributed by atoms with Crippen molar-refractivity contribution in [2.75, 3.05) is 36.8 Å². The summed E-state index contributed by atoms with van der Waals surface area (Å²) < 4.78 is 0. The smallest absolute Gasteiger partial charge is 0.329 e. The zero-order valence-electron chi connectivity index (χ0n) is 14.3. The number of benzene rings is 1. The molecule has 26 heavy (non-hydrogen) atoms. The summed E-state index contributed by atoms with van der Waals surface area (Å²) in [4.78, 5) is 21.4. The van der Waals surface area contributed by atoms with Crippen LogP contribution in [-0.4, -0.2) is 46.0 Å². The highest BCUT2D eigenvalue weighted by Crippen LogP contribution is 2.24. The van der Waals surface area contributed by atoms with E-state index in [4.69, 9.17) is 11.6 Å². The molecule has 2 aromatic rings. The van der Waals surface area contributed by atoms with Crippen molar-refractivity contribution < 1.29 is 4.92 Å². The lowest BCUT2D eigenvalue weighted by Crippen LogP contribution is -2.33. The van der Waals surface area contributed by atoms with Crippen LogP contribution in [0.25, 0.3) is 0 Å². The Kier molecular flexibility index (Phi) is 6.19. The van der Waals surface area contributed by atoms with E-state index in [2.05, 4.69) is 25.5 Å². The maximum absolute atomic E-state index is 11.2. The Morgan fingerprint density at radius 3 is 2.62 bits per heavy atom. The molecule has 0 unspecified atom stereocenters. The monoisotopic (exact) mass is 376 g/mol. The molecule has 0 atom stereocenters. The molecular weight excluding hydrogens is 356 g/mol. The first kappa shape index (κ1) is 18.3. The second-order valence-electron chi connectivity index (χ2n) is 6.15. The molecule has 2 N–H and O–H groups in total. The minimum atomic E-state index is -0.477. The Labute approximate surface area is 156 Å². The maximum Gasteiger partial charge on any atom is 0.329 e. The number of hydrogen-bond acceptors (Lipinski definition) is 7. The van der Waals surface area contributed by atoms with Crippen molar-refractivity contribution in [3.8, 4) is 0 Å². The summed E-state index contributed by atoms with van der Waals surface area (Å²) in [5, 5.41) is 18.0. The van der Waals surface area contributed by atoms with Crippen LogP contribution in [0.5, 0.6) is 0 Å². The van der Waals surface area contributed by atoms with Gasteiger partial charge in [-0.3, -0.25) is 10.1 Å². The standard InChI is InChI=1S/C17H21ClN6O2/c18-13-4-6-14(7-5-13)21-17-20-12-15(24(25)26)16(22-17)19-8-11-23-9-2-1-3-10-23/h4-7,12H,1-3,8-11H2,(H2,19,20,21,22). The van der Waals surface area contributed by atoms with Gasteiger partial charge >= 0.3 is 5.69 Å². The lowest BCUT2D eigenvalue weighted by molar-refractivity contribution is -0.384. The fourth-order valence-corrected chi connectivity index (χ4v) is 3.00. The summed E-state index contributed by atoms with van der Waals surface area (Å²) >= 11 is 5.87. The molecule has 1 aromatic carbocycles. The van der Waals surface area contributed by atoms with Gasteiger partial charge in [0.1, 0.15) is 6.20 Å². The molecule has 3 rings (SSSR count). The van der Waals surface area contributed by atoms with Crippen molar-refractivity contribution in [1.29, 1.82) is 0 Å². The number of aromatic nitrogens is 2. The molecule has 1 aromatic heterocycles. The van der Waals surface area contributed by atoms with Gasteiger partial charge in [0.05, 0.1) is 4.92 Å². The van der Waals surface area contributed by atoms with Gasteiger partial charge in [-0.2, -0.15) is 4.98 Å². The average molecular weight is 377 g/mol. The largest absolute Gasteiger partial charge is 0.363 e. The topological polar surface area (TPSA) is 96.2 Å². The third-order valence-electron chi connectivity index (χ3n) is 4.24. The van der Waals surface area contributed by atoms with Crippen LogP contribution < -0.4 is 10.6 Å². The molecule has 0 radical (unpaired) electrons. The van der Waals surface area contributed by atoms with Crippen LogP contribution >= 0.6 is 11.6 Å². The van der Waals surface area contributed by atoms with E-state index in [0.717, 1.165) is 25.3 Å². The Morgan fingerprint density at radius 2 is 1.92 bits per heavy atom. The van der Waals surface area contributed by atoms with Gasteiger partial charge in [0.2, 0.25) is 11.8 Å². The molecular formula is C17H21ClN6O2. The van der Waals surface area contributed by atoms with E-state index in [1.54, 1.807) is 24.3 Å². The highest BCUT2D eigenvalue weighted by molar-refractivity contribution is 6.30. The van der Waals surface area contributed by atoms with Crippen LogP contribution in [0.4, 0.5) is 23.1 Å². The molecule has 1 aliphatic rings. The predicted molar refractivity (Wildman–Crippen MR) is 102 cm³/mol. The van der Waals surface area contributed by atoms with Gasteiger partial charge in [-0.1, -0.05) is 18.0 Å². The van der Waals surface area contributed by atoms with E-state index in [1.807, 2.05) is 0 Å². The number of nitro groups is 1. The number of anilines is 3. The SMILES string of the molecule is O=[N+]([O-])c1cnc(Nc2ccc(Cl)cc2)nc1NCCN1CCCCC1. The Bertz CT molecular complexity index is 749. The minimum absolute atomic E-state index is 0.134. The van der Waals surface area contributed by atoms with Crippen molar-refractivity contribution in [3.63, 3.8) is 0 Å². The first-order chi connectivity index (χ1) is 12.6. The quantitative estimate of drug-likeness (QED) is 0.562. The Balaban J connectivity index is 1.67. The molecule has 0 saturated carbocycles. The second kappa shape index (κ2) is 8.77. The lowest BCUT2D eigenvalue weighted by Gasteiger charge is -2.26. The van der Waals surface area contributed by atoms with E-state index < -0.39 is 4.92 Å². The van der Waals surface area contributed by atoms with E-state index >= 15 is 0 Å². The highest BCUT2D eigenvalue weighted by atomic mass is 35.5. The van der Waals surface area contributed by atoms with Gasteiger partial charge in [-0.05, 0) is 50.2 Å². The fourth-order valence-electron chi connectivity index (χ4n) is 2.88. The summed E-state index contributed by atoms with van der Waals surface area (Å²) in [5.41, 5.74) is 0.618. The summed E-state index contributed by atoms with van der Waals surface area (Å²) in [6, 6.07) is 7.06. The van der Waals surface area contributed by atoms with Crippen LogP contribution in [0, 0.1) is 10.1 Å². The Hall–Kier alpha value is -2.45. The van der Waals surface area contributed by atoms with Crippen LogP contribution in [0.1, 0.15) is 19.3 Å². The molecule has 1 saturated heterocycles. The zero-order chi connectivity index (χ0) is 18.4. The van der Waals surface area contributed by atoms with Gasteiger partial charge in [0.25, 0.3) is 0 Å². The fraction of sp³-hybridized carbons (Fsp3) is 0.412. The van der Waals surface area contributed by atoms with Crippen molar-refractivity contribution in [3.05, 3.63) is 45.6 Å². The second-order valence-corrected chi connectivity index (χ2v) is 6.58. The van der Waals surface area contributed by atoms with Crippen LogP contribution in [-0.2, 0) is 0 Å². The summed E-state index contributed by atoms with van der Waals surface area (Å²) in [7, 11) is 0. The van der Waals surface area contributed by atoms with Gasteiger partial charge in [0.15, 0.2) is 0 Å². The first-order valence-electron chi connectivity index (χ1n) is 8.62. The molecule has 0 amide bonds. The van der Waals surface area contributed by atoms with Crippen LogP contribution in [0.2, 0.25) is 5.02 Å². The van der Waals surface area contributed by atoms with Gasteiger partial charge in [0, 0.05) is 23.8 Å². The number of nitrogens with zero attached hydrogens (tertiary/aromatic N) is 4. The van der Waals surface area contributed by atoms with Crippen molar-refractivity contribution in [2.45, 2.75) is 19.3 Å². The molecule has 1 fully saturated rings. The molecule has 8 nitrogen and oxygen atoms in total. The minimum Gasteiger partial charge on any atom is -0.363 e. The maximum atomic E-state index is 11.2. The molecule has 138 valence electrons. The number of halogens is 1. The van der Waals surface area contributed by atoms with E-state index in [9.17, 15) is 10.1 Å². The zero-order valence-corrected chi connectivity index (χ0v) is 15.1. The molecule has 0 spiro atoms. The highest BCUT2D eigenvalue weighted by Gasteiger charge is 2.18. The first-order valence-corrected chi connectivity index (χ1v) is 9.00. The number of rotatable bonds is 7. The predicted octanol–water partition coefficient (Wildman–Crippen LogP) is 3.68. The van der Waals surface area contributed by atoms with Gasteiger partial charge < -0.3 is 15.5 Å². The van der Waals surface area contributed by atoms with Crippen molar-refractivity contribution in [1.82, 2.24) is 14.9 Å². The van der Waals surface area contributed by atoms with Crippen LogP contribution in [0.3, 0.4) is 0 Å². The number of piperidine rings is 1. The molecule has 2 heterocycles. The number of likely N-dealkylation sites (tertiary alicyclic amines) is 1. The average Bonchev–Trinajstić information content (AvgIpc) is 2.64. The van der Waals surface area contributed by atoms with Crippen LogP contribution in [0.15, 0.2) is 30.5 Å². The lowest BCUT2D eigenvalue weighted by atomic mass is 10.1. The summed E-state index contributed by atoms with van der Waals surface area (Å²) in [6.45, 7) is 3.59. The molecule has 0 bridgehead atoms.